The van der Waals surface area contributed by atoms with Gasteiger partial charge in [0.05, 0.1) is 17.8 Å². The van der Waals surface area contributed by atoms with E-state index in [1.54, 1.807) is 6.07 Å². The minimum absolute atomic E-state index is 0.0572. The van der Waals surface area contributed by atoms with Gasteiger partial charge in [-0.05, 0) is 19.9 Å². The van der Waals surface area contributed by atoms with E-state index in [0.717, 1.165) is 0 Å². The van der Waals surface area contributed by atoms with Crippen molar-refractivity contribution in [1.29, 1.82) is 0 Å². The average Bonchev–Trinajstić information content (AvgIpc) is 2.19. The van der Waals surface area contributed by atoms with Crippen molar-refractivity contribution < 1.29 is 14.6 Å². The lowest BCUT2D eigenvalue weighted by molar-refractivity contribution is 0.0693. The van der Waals surface area contributed by atoms with Crippen LogP contribution in [-0.2, 0) is 0 Å². The van der Waals surface area contributed by atoms with E-state index in [1.807, 2.05) is 13.8 Å². The molecule has 0 unspecified atom stereocenters. The fourth-order valence-electron chi connectivity index (χ4n) is 1.31. The van der Waals surface area contributed by atoms with E-state index in [-0.39, 0.29) is 11.6 Å². The summed E-state index contributed by atoms with van der Waals surface area (Å²) >= 11 is 5.97. The van der Waals surface area contributed by atoms with Crippen molar-refractivity contribution in [3.63, 3.8) is 0 Å². The molecule has 5 heteroatoms. The highest BCUT2D eigenvalue weighted by atomic mass is 35.5. The van der Waals surface area contributed by atoms with Crippen LogP contribution in [0.25, 0.3) is 0 Å². The first-order valence-electron chi connectivity index (χ1n) is 4.83. The third-order valence-electron chi connectivity index (χ3n) is 1.96. The van der Waals surface area contributed by atoms with Crippen LogP contribution in [0.5, 0.6) is 5.75 Å². The van der Waals surface area contributed by atoms with E-state index in [4.69, 9.17) is 21.4 Å². The summed E-state index contributed by atoms with van der Waals surface area (Å²) in [6.07, 6.45) is 0. The molecule has 0 aliphatic carbocycles. The Labute approximate surface area is 99.2 Å². The molecule has 0 fully saturated rings. The minimum atomic E-state index is -1.06. The molecule has 1 aromatic rings. The van der Waals surface area contributed by atoms with Gasteiger partial charge in [-0.25, -0.2) is 4.79 Å². The maximum Gasteiger partial charge on any atom is 0.339 e. The Morgan fingerprint density at radius 3 is 2.56 bits per heavy atom. The number of hydrogen-bond acceptors (Lipinski definition) is 3. The normalized spacial score (nSPS) is 10.3. The van der Waals surface area contributed by atoms with Gasteiger partial charge < -0.3 is 15.2 Å². The number of carboxylic acid groups (broad SMARTS) is 1. The zero-order chi connectivity index (χ0) is 12.3. The van der Waals surface area contributed by atoms with Crippen molar-refractivity contribution in [2.24, 2.45) is 0 Å². The number of anilines is 1. The number of ether oxygens (including phenoxy) is 1. The molecular weight excluding hydrogens is 230 g/mol. The number of carboxylic acids is 1. The largest absolute Gasteiger partial charge is 0.496 e. The summed E-state index contributed by atoms with van der Waals surface area (Å²) in [5, 5.41) is 12.4. The van der Waals surface area contributed by atoms with Crippen LogP contribution in [-0.4, -0.2) is 24.2 Å². The number of aromatic carboxylic acids is 1. The second-order valence-corrected chi connectivity index (χ2v) is 4.04. The van der Waals surface area contributed by atoms with E-state index >= 15 is 0 Å². The van der Waals surface area contributed by atoms with Crippen molar-refractivity contribution in [2.45, 2.75) is 19.9 Å². The van der Waals surface area contributed by atoms with Gasteiger partial charge in [-0.3, -0.25) is 0 Å². The highest BCUT2D eigenvalue weighted by molar-refractivity contribution is 6.33. The molecule has 1 aromatic carbocycles. The van der Waals surface area contributed by atoms with Crippen molar-refractivity contribution in [1.82, 2.24) is 0 Å². The molecule has 0 amide bonds. The topological polar surface area (TPSA) is 58.6 Å². The average molecular weight is 244 g/mol. The van der Waals surface area contributed by atoms with Gasteiger partial charge >= 0.3 is 5.97 Å². The maximum absolute atomic E-state index is 10.9. The van der Waals surface area contributed by atoms with E-state index in [9.17, 15) is 4.79 Å². The quantitative estimate of drug-likeness (QED) is 0.854. The number of rotatable bonds is 4. The first-order valence-corrected chi connectivity index (χ1v) is 5.21. The third kappa shape index (κ3) is 2.79. The lowest BCUT2D eigenvalue weighted by Gasteiger charge is -2.14. The van der Waals surface area contributed by atoms with E-state index in [1.165, 1.54) is 13.2 Å². The van der Waals surface area contributed by atoms with Crippen LogP contribution in [0, 0.1) is 0 Å². The Bertz CT molecular complexity index is 404. The SMILES string of the molecule is COc1cc(NC(C)C)c(Cl)cc1C(=O)O. The van der Waals surface area contributed by atoms with Crippen molar-refractivity contribution >= 4 is 23.3 Å². The van der Waals surface area contributed by atoms with E-state index in [0.29, 0.717) is 16.5 Å². The summed E-state index contributed by atoms with van der Waals surface area (Å²) in [6.45, 7) is 3.93. The van der Waals surface area contributed by atoms with E-state index in [2.05, 4.69) is 5.32 Å². The summed E-state index contributed by atoms with van der Waals surface area (Å²) in [7, 11) is 1.43. The summed E-state index contributed by atoms with van der Waals surface area (Å²) in [6, 6.07) is 3.18. The molecule has 0 atom stereocenters. The second-order valence-electron chi connectivity index (χ2n) is 3.64. The molecule has 88 valence electrons. The fourth-order valence-corrected chi connectivity index (χ4v) is 1.53. The van der Waals surface area contributed by atoms with Gasteiger partial charge in [0, 0.05) is 12.1 Å². The summed E-state index contributed by atoms with van der Waals surface area (Å²) in [5.41, 5.74) is 0.723. The van der Waals surface area contributed by atoms with Crippen molar-refractivity contribution in [3.05, 3.63) is 22.7 Å². The predicted molar refractivity (Wildman–Crippen MR) is 63.7 cm³/mol. The molecule has 0 aliphatic heterocycles. The molecule has 2 N–H and O–H groups in total. The molecule has 0 heterocycles. The summed E-state index contributed by atoms with van der Waals surface area (Å²) in [4.78, 5) is 10.9. The summed E-state index contributed by atoms with van der Waals surface area (Å²) < 4.78 is 5.00. The molecule has 0 saturated heterocycles. The zero-order valence-electron chi connectivity index (χ0n) is 9.37. The van der Waals surface area contributed by atoms with Gasteiger partial charge in [0.2, 0.25) is 0 Å². The Kier molecular flexibility index (Phi) is 4.01. The number of nitrogens with one attached hydrogen (secondary N) is 1. The first kappa shape index (κ1) is 12.6. The number of carbonyl (C=O) groups is 1. The molecule has 0 aliphatic rings. The highest BCUT2D eigenvalue weighted by Crippen LogP contribution is 2.31. The van der Waals surface area contributed by atoms with Gasteiger partial charge in [-0.15, -0.1) is 0 Å². The Morgan fingerprint density at radius 2 is 2.12 bits per heavy atom. The van der Waals surface area contributed by atoms with Crippen molar-refractivity contribution in [2.75, 3.05) is 12.4 Å². The smallest absolute Gasteiger partial charge is 0.339 e. The van der Waals surface area contributed by atoms with Crippen molar-refractivity contribution in [3.8, 4) is 5.75 Å². The maximum atomic E-state index is 10.9. The monoisotopic (exact) mass is 243 g/mol. The number of benzene rings is 1. The Hall–Kier alpha value is -1.42. The first-order chi connectivity index (χ1) is 7.45. The molecule has 0 saturated carbocycles. The van der Waals surface area contributed by atoms with Gasteiger partial charge in [0.1, 0.15) is 11.3 Å². The van der Waals surface area contributed by atoms with Crippen LogP contribution in [0.2, 0.25) is 5.02 Å². The standard InChI is InChI=1S/C11H14ClNO3/c1-6(2)13-9-5-10(16-3)7(11(14)15)4-8(9)12/h4-6,13H,1-3H3,(H,14,15). The fraction of sp³-hybridized carbons (Fsp3) is 0.364. The molecule has 4 nitrogen and oxygen atoms in total. The van der Waals surface area contributed by atoms with Crippen LogP contribution in [0.4, 0.5) is 5.69 Å². The molecule has 0 bridgehead atoms. The van der Waals surface area contributed by atoms with Crippen LogP contribution >= 0.6 is 11.6 Å². The minimum Gasteiger partial charge on any atom is -0.496 e. The van der Waals surface area contributed by atoms with Crippen LogP contribution in [0.3, 0.4) is 0 Å². The number of methoxy groups -OCH3 is 1. The molecular formula is C11H14ClNO3. The van der Waals surface area contributed by atoms with Gasteiger partial charge in [0.25, 0.3) is 0 Å². The summed E-state index contributed by atoms with van der Waals surface area (Å²) in [5.74, 6) is -0.769. The predicted octanol–water partition coefficient (Wildman–Crippen LogP) is 2.87. The Morgan fingerprint density at radius 1 is 1.50 bits per heavy atom. The lowest BCUT2D eigenvalue weighted by atomic mass is 10.1. The van der Waals surface area contributed by atoms with Crippen LogP contribution in [0.1, 0.15) is 24.2 Å². The third-order valence-corrected chi connectivity index (χ3v) is 2.28. The molecule has 0 radical (unpaired) electrons. The highest BCUT2D eigenvalue weighted by Gasteiger charge is 2.15. The number of halogens is 1. The van der Waals surface area contributed by atoms with E-state index < -0.39 is 5.97 Å². The molecule has 0 spiro atoms. The molecule has 0 aromatic heterocycles. The molecule has 16 heavy (non-hydrogen) atoms. The lowest BCUT2D eigenvalue weighted by Crippen LogP contribution is -2.11. The molecule has 1 rings (SSSR count). The second kappa shape index (κ2) is 5.07. The van der Waals surface area contributed by atoms with Crippen LogP contribution < -0.4 is 10.1 Å². The van der Waals surface area contributed by atoms with Gasteiger partial charge in [-0.2, -0.15) is 0 Å². The van der Waals surface area contributed by atoms with Crippen LogP contribution in [0.15, 0.2) is 12.1 Å². The number of hydrogen-bond donors (Lipinski definition) is 2. The van der Waals surface area contributed by atoms with Gasteiger partial charge in [0.15, 0.2) is 0 Å². The Balaban J connectivity index is 3.20. The zero-order valence-corrected chi connectivity index (χ0v) is 10.1. The van der Waals surface area contributed by atoms with Gasteiger partial charge in [-0.1, -0.05) is 11.6 Å².